The van der Waals surface area contributed by atoms with Crippen molar-refractivity contribution in [3.8, 4) is 0 Å². The molecule has 2 amide bonds. The highest BCUT2D eigenvalue weighted by molar-refractivity contribution is 7.89. The van der Waals surface area contributed by atoms with Crippen molar-refractivity contribution in [1.29, 1.82) is 0 Å². The molecule has 0 radical (unpaired) electrons. The number of amides is 2. The normalized spacial score (nSPS) is 16.2. The Labute approximate surface area is 179 Å². The van der Waals surface area contributed by atoms with Gasteiger partial charge < -0.3 is 15.5 Å². The Bertz CT molecular complexity index is 942. The topological polar surface area (TPSA) is 81.8 Å². The fourth-order valence-electron chi connectivity index (χ4n) is 3.60. The third-order valence-electron chi connectivity index (χ3n) is 5.10. The van der Waals surface area contributed by atoms with E-state index in [1.165, 1.54) is 10.4 Å². The van der Waals surface area contributed by atoms with E-state index in [9.17, 15) is 13.2 Å². The summed E-state index contributed by atoms with van der Waals surface area (Å²) >= 11 is 0. The number of rotatable bonds is 7. The highest BCUT2D eigenvalue weighted by Crippen LogP contribution is 2.23. The lowest BCUT2D eigenvalue weighted by molar-refractivity contribution is 0.244. The van der Waals surface area contributed by atoms with Gasteiger partial charge >= 0.3 is 6.03 Å². The molecule has 0 aliphatic carbocycles. The van der Waals surface area contributed by atoms with Gasteiger partial charge in [0.2, 0.25) is 10.0 Å². The van der Waals surface area contributed by atoms with Crippen LogP contribution in [0.3, 0.4) is 0 Å². The Morgan fingerprint density at radius 3 is 2.40 bits per heavy atom. The molecule has 7 nitrogen and oxygen atoms in total. The van der Waals surface area contributed by atoms with E-state index < -0.39 is 10.0 Å². The van der Waals surface area contributed by atoms with Gasteiger partial charge in [-0.15, -0.1) is 0 Å². The Kier molecular flexibility index (Phi) is 7.47. The van der Waals surface area contributed by atoms with Crippen LogP contribution in [-0.2, 0) is 10.0 Å². The van der Waals surface area contributed by atoms with Crippen LogP contribution in [0, 0.1) is 0 Å². The van der Waals surface area contributed by atoms with Crippen LogP contribution in [0.15, 0.2) is 59.5 Å². The molecule has 1 aliphatic heterocycles. The summed E-state index contributed by atoms with van der Waals surface area (Å²) in [5.41, 5.74) is 1.45. The van der Waals surface area contributed by atoms with E-state index in [1.54, 1.807) is 18.2 Å². The number of sulfonamides is 1. The smallest absolute Gasteiger partial charge is 0.319 e. The van der Waals surface area contributed by atoms with Crippen molar-refractivity contribution in [3.63, 3.8) is 0 Å². The first-order valence-corrected chi connectivity index (χ1v) is 11.7. The predicted molar refractivity (Wildman–Crippen MR) is 119 cm³/mol. The maximum absolute atomic E-state index is 12.9. The molecule has 1 atom stereocenters. The van der Waals surface area contributed by atoms with Gasteiger partial charge in [0.25, 0.3) is 0 Å². The lowest BCUT2D eigenvalue weighted by Crippen LogP contribution is -2.38. The molecule has 162 valence electrons. The summed E-state index contributed by atoms with van der Waals surface area (Å²) in [4.78, 5) is 14.8. The van der Waals surface area contributed by atoms with Gasteiger partial charge in [-0.3, -0.25) is 0 Å². The highest BCUT2D eigenvalue weighted by Gasteiger charge is 2.26. The van der Waals surface area contributed by atoms with Crippen molar-refractivity contribution in [3.05, 3.63) is 60.2 Å². The van der Waals surface area contributed by atoms with E-state index in [0.29, 0.717) is 25.3 Å². The number of anilines is 1. The van der Waals surface area contributed by atoms with Crippen molar-refractivity contribution in [2.75, 3.05) is 39.0 Å². The van der Waals surface area contributed by atoms with Crippen LogP contribution in [0.5, 0.6) is 0 Å². The quantitative estimate of drug-likeness (QED) is 0.706. The molecule has 0 bridgehead atoms. The van der Waals surface area contributed by atoms with Crippen LogP contribution in [-0.4, -0.2) is 57.4 Å². The monoisotopic (exact) mass is 430 g/mol. The zero-order valence-corrected chi connectivity index (χ0v) is 18.4. The number of piperidine rings is 1. The molecule has 2 aromatic carbocycles. The number of carbonyl (C=O) groups is 1. The predicted octanol–water partition coefficient (Wildman–Crippen LogP) is 3.29. The van der Waals surface area contributed by atoms with Gasteiger partial charge in [-0.25, -0.2) is 13.2 Å². The Balaban J connectivity index is 1.71. The number of nitrogens with zero attached hydrogens (tertiary/aromatic N) is 2. The van der Waals surface area contributed by atoms with E-state index in [2.05, 4.69) is 10.6 Å². The van der Waals surface area contributed by atoms with Crippen LogP contribution < -0.4 is 10.6 Å². The maximum Gasteiger partial charge on any atom is 0.319 e. The molecule has 1 fully saturated rings. The van der Waals surface area contributed by atoms with Gasteiger partial charge in [0.05, 0.1) is 10.9 Å². The Morgan fingerprint density at radius 1 is 1.03 bits per heavy atom. The first kappa shape index (κ1) is 22.3. The fraction of sp³-hybridized carbons (Fsp3) is 0.409. The SMILES string of the molecule is CN(C)CC(NC(=O)Nc1cccc(S(=O)(=O)N2CCCCC2)c1)c1ccccc1. The minimum absolute atomic E-state index is 0.193. The van der Waals surface area contributed by atoms with Crippen molar-refractivity contribution in [2.24, 2.45) is 0 Å². The van der Waals surface area contributed by atoms with E-state index in [4.69, 9.17) is 0 Å². The van der Waals surface area contributed by atoms with E-state index in [0.717, 1.165) is 24.8 Å². The van der Waals surface area contributed by atoms with E-state index in [1.807, 2.05) is 49.3 Å². The second-order valence-electron chi connectivity index (χ2n) is 7.82. The minimum Gasteiger partial charge on any atom is -0.330 e. The molecule has 30 heavy (non-hydrogen) atoms. The van der Waals surface area contributed by atoms with Gasteiger partial charge in [0, 0.05) is 25.3 Å². The van der Waals surface area contributed by atoms with Crippen molar-refractivity contribution >= 4 is 21.7 Å². The largest absolute Gasteiger partial charge is 0.330 e. The first-order chi connectivity index (χ1) is 14.4. The van der Waals surface area contributed by atoms with Gasteiger partial charge in [-0.1, -0.05) is 42.8 Å². The second kappa shape index (κ2) is 10.1. The number of benzene rings is 2. The summed E-state index contributed by atoms with van der Waals surface area (Å²) in [5.74, 6) is 0. The molecule has 2 aromatic rings. The average molecular weight is 431 g/mol. The molecule has 0 aromatic heterocycles. The first-order valence-electron chi connectivity index (χ1n) is 10.2. The number of nitrogens with one attached hydrogen (secondary N) is 2. The fourth-order valence-corrected chi connectivity index (χ4v) is 5.16. The van der Waals surface area contributed by atoms with Crippen molar-refractivity contribution in [2.45, 2.75) is 30.2 Å². The van der Waals surface area contributed by atoms with E-state index >= 15 is 0 Å². The molecule has 2 N–H and O–H groups in total. The molecule has 1 aliphatic rings. The number of carbonyl (C=O) groups excluding carboxylic acids is 1. The molecular weight excluding hydrogens is 400 g/mol. The molecule has 0 saturated carbocycles. The third kappa shape index (κ3) is 5.81. The summed E-state index contributed by atoms with van der Waals surface area (Å²) in [6, 6.07) is 15.6. The average Bonchev–Trinajstić information content (AvgIpc) is 2.74. The Morgan fingerprint density at radius 2 is 1.73 bits per heavy atom. The number of urea groups is 1. The zero-order chi connectivity index (χ0) is 21.6. The zero-order valence-electron chi connectivity index (χ0n) is 17.5. The number of likely N-dealkylation sites (N-methyl/N-ethyl adjacent to an activating group) is 1. The second-order valence-corrected chi connectivity index (χ2v) is 9.75. The summed E-state index contributed by atoms with van der Waals surface area (Å²) in [6.45, 7) is 1.73. The highest BCUT2D eigenvalue weighted by atomic mass is 32.2. The van der Waals surface area contributed by atoms with Gasteiger partial charge in [0.15, 0.2) is 0 Å². The molecule has 1 saturated heterocycles. The third-order valence-corrected chi connectivity index (χ3v) is 6.99. The molecule has 8 heteroatoms. The lowest BCUT2D eigenvalue weighted by atomic mass is 10.1. The maximum atomic E-state index is 12.9. The van der Waals surface area contributed by atoms with Crippen LogP contribution in [0.25, 0.3) is 0 Å². The summed E-state index contributed by atoms with van der Waals surface area (Å²) in [6.07, 6.45) is 2.82. The molecule has 1 heterocycles. The van der Waals surface area contributed by atoms with Crippen LogP contribution in [0.1, 0.15) is 30.9 Å². The molecule has 0 spiro atoms. The summed E-state index contributed by atoms with van der Waals surface area (Å²) in [7, 11) is 0.350. The minimum atomic E-state index is -3.55. The summed E-state index contributed by atoms with van der Waals surface area (Å²) in [5, 5.41) is 5.76. The standard InChI is InChI=1S/C22H30N4O3S/c1-25(2)17-21(18-10-5-3-6-11-18)24-22(27)23-19-12-9-13-20(16-19)30(28,29)26-14-7-4-8-15-26/h3,5-6,9-13,16,21H,4,7-8,14-15,17H2,1-2H3,(H2,23,24,27). The van der Waals surface area contributed by atoms with E-state index in [-0.39, 0.29) is 17.0 Å². The van der Waals surface area contributed by atoms with Gasteiger partial charge in [0.1, 0.15) is 0 Å². The molecule has 1 unspecified atom stereocenters. The van der Waals surface area contributed by atoms with Crippen LogP contribution in [0.4, 0.5) is 10.5 Å². The van der Waals surface area contributed by atoms with Crippen LogP contribution >= 0.6 is 0 Å². The Hall–Kier alpha value is -2.42. The van der Waals surface area contributed by atoms with Gasteiger partial charge in [-0.05, 0) is 50.7 Å². The lowest BCUT2D eigenvalue weighted by Gasteiger charge is -2.26. The summed E-state index contributed by atoms with van der Waals surface area (Å²) < 4.78 is 27.3. The van der Waals surface area contributed by atoms with Crippen molar-refractivity contribution in [1.82, 2.24) is 14.5 Å². The number of hydrogen-bond donors (Lipinski definition) is 2. The van der Waals surface area contributed by atoms with Crippen LogP contribution in [0.2, 0.25) is 0 Å². The van der Waals surface area contributed by atoms with Gasteiger partial charge in [-0.2, -0.15) is 4.31 Å². The van der Waals surface area contributed by atoms with Crippen molar-refractivity contribution < 1.29 is 13.2 Å². The number of hydrogen-bond acceptors (Lipinski definition) is 4. The molecule has 3 rings (SSSR count). The molecular formula is C22H30N4O3S.